The Morgan fingerprint density at radius 1 is 1.38 bits per heavy atom. The van der Waals surface area contributed by atoms with E-state index in [0.717, 1.165) is 25.1 Å². The smallest absolute Gasteiger partial charge is 0.0641 e. The Balaban J connectivity index is 1.65. The zero-order chi connectivity index (χ0) is 14.8. The van der Waals surface area contributed by atoms with Gasteiger partial charge in [-0.1, -0.05) is 6.92 Å². The Morgan fingerprint density at radius 3 is 2.71 bits per heavy atom. The van der Waals surface area contributed by atoms with Crippen molar-refractivity contribution in [3.05, 3.63) is 18.0 Å². The van der Waals surface area contributed by atoms with E-state index in [1.165, 1.54) is 26.2 Å². The molecular formula is C15H28N6. The highest BCUT2D eigenvalue weighted by atomic mass is 15.4. The summed E-state index contributed by atoms with van der Waals surface area (Å²) in [5.41, 5.74) is 4.18. The summed E-state index contributed by atoms with van der Waals surface area (Å²) in [4.78, 5) is 5.13. The molecule has 2 bridgehead atoms. The molecule has 3 saturated heterocycles. The third kappa shape index (κ3) is 3.13. The van der Waals surface area contributed by atoms with Gasteiger partial charge in [-0.2, -0.15) is 5.10 Å². The summed E-state index contributed by atoms with van der Waals surface area (Å²) >= 11 is 0. The van der Waals surface area contributed by atoms with Crippen LogP contribution in [0.2, 0.25) is 0 Å². The number of hydrazine groups is 1. The molecule has 3 aliphatic rings. The maximum Gasteiger partial charge on any atom is 0.0641 e. The van der Waals surface area contributed by atoms with E-state index < -0.39 is 0 Å². The minimum atomic E-state index is 0.272. The first-order valence-corrected chi connectivity index (χ1v) is 8.17. The molecule has 1 aromatic heterocycles. The quantitative estimate of drug-likeness (QED) is 0.580. The Labute approximate surface area is 127 Å². The molecule has 3 fully saturated rings. The van der Waals surface area contributed by atoms with Gasteiger partial charge in [0, 0.05) is 63.5 Å². The topological polar surface area (TPSA) is 62.4 Å². The van der Waals surface area contributed by atoms with E-state index in [0.29, 0.717) is 12.1 Å². The van der Waals surface area contributed by atoms with Crippen LogP contribution in [-0.2, 0) is 6.42 Å². The molecule has 3 atom stereocenters. The van der Waals surface area contributed by atoms with Crippen LogP contribution in [0.25, 0.3) is 0 Å². The molecule has 6 nitrogen and oxygen atoms in total. The average Bonchev–Trinajstić information content (AvgIpc) is 3.01. The van der Waals surface area contributed by atoms with Gasteiger partial charge in [0.25, 0.3) is 0 Å². The van der Waals surface area contributed by atoms with Crippen LogP contribution in [0.3, 0.4) is 0 Å². The summed E-state index contributed by atoms with van der Waals surface area (Å²) in [5, 5.41) is 4.71. The van der Waals surface area contributed by atoms with Gasteiger partial charge in [-0.05, 0) is 19.4 Å². The molecule has 21 heavy (non-hydrogen) atoms. The monoisotopic (exact) mass is 292 g/mol. The van der Waals surface area contributed by atoms with Crippen LogP contribution in [0, 0.1) is 0 Å². The lowest BCUT2D eigenvalue weighted by atomic mass is 9.97. The molecule has 118 valence electrons. The standard InChI is InChI=1S/C15H28N6/c1-3-12(2)21-5-4-13(18-21)10-14(17-16)15-11-19-6-8-20(15)9-7-19/h4-5,12,14-15,17H,3,6-11,16H2,1-2H3. The number of fused-ring (bicyclic) bond motifs is 3. The van der Waals surface area contributed by atoms with Gasteiger partial charge >= 0.3 is 0 Å². The van der Waals surface area contributed by atoms with Crippen molar-refractivity contribution in [1.82, 2.24) is 25.0 Å². The Morgan fingerprint density at radius 2 is 2.14 bits per heavy atom. The van der Waals surface area contributed by atoms with E-state index >= 15 is 0 Å². The average molecular weight is 292 g/mol. The predicted octanol–water partition coefficient (Wildman–Crippen LogP) is 0.228. The molecule has 0 aliphatic carbocycles. The lowest BCUT2D eigenvalue weighted by Gasteiger charge is -2.50. The van der Waals surface area contributed by atoms with Gasteiger partial charge in [0.05, 0.1) is 5.69 Å². The molecule has 0 amide bonds. The third-order valence-electron chi connectivity index (χ3n) is 5.13. The van der Waals surface area contributed by atoms with Crippen molar-refractivity contribution in [3.63, 3.8) is 0 Å². The van der Waals surface area contributed by atoms with Crippen LogP contribution in [0.5, 0.6) is 0 Å². The highest BCUT2D eigenvalue weighted by molar-refractivity contribution is 5.05. The zero-order valence-electron chi connectivity index (χ0n) is 13.2. The molecule has 4 rings (SSSR count). The van der Waals surface area contributed by atoms with Crippen molar-refractivity contribution < 1.29 is 0 Å². The first-order chi connectivity index (χ1) is 10.2. The van der Waals surface area contributed by atoms with Gasteiger partial charge in [-0.3, -0.25) is 25.8 Å². The number of rotatable bonds is 6. The number of nitrogens with two attached hydrogens (primary N) is 1. The molecule has 0 saturated carbocycles. The predicted molar refractivity (Wildman–Crippen MR) is 83.8 cm³/mol. The van der Waals surface area contributed by atoms with E-state index in [1.807, 2.05) is 0 Å². The van der Waals surface area contributed by atoms with Crippen LogP contribution in [-0.4, -0.2) is 64.4 Å². The maximum atomic E-state index is 5.85. The van der Waals surface area contributed by atoms with E-state index in [4.69, 9.17) is 10.9 Å². The second kappa shape index (κ2) is 6.44. The van der Waals surface area contributed by atoms with E-state index in [2.05, 4.69) is 46.0 Å². The van der Waals surface area contributed by atoms with Gasteiger partial charge in [0.2, 0.25) is 0 Å². The number of aromatic nitrogens is 2. The number of hydrogen-bond donors (Lipinski definition) is 2. The fourth-order valence-corrected chi connectivity index (χ4v) is 3.49. The van der Waals surface area contributed by atoms with Crippen molar-refractivity contribution in [2.75, 3.05) is 32.7 Å². The molecule has 3 N–H and O–H groups in total. The first kappa shape index (κ1) is 15.0. The van der Waals surface area contributed by atoms with Crippen molar-refractivity contribution in [1.29, 1.82) is 0 Å². The fourth-order valence-electron chi connectivity index (χ4n) is 3.49. The second-order valence-electron chi connectivity index (χ2n) is 6.43. The Bertz CT molecular complexity index is 451. The lowest BCUT2D eigenvalue weighted by Crippen LogP contribution is -2.67. The number of piperazine rings is 3. The summed E-state index contributed by atoms with van der Waals surface area (Å²) in [6.45, 7) is 10.3. The second-order valence-corrected chi connectivity index (χ2v) is 6.43. The molecule has 1 aromatic rings. The Kier molecular flexibility index (Phi) is 4.59. The molecule has 6 heteroatoms. The summed E-state index contributed by atoms with van der Waals surface area (Å²) in [5.74, 6) is 5.85. The Hall–Kier alpha value is -0.950. The summed E-state index contributed by atoms with van der Waals surface area (Å²) in [6.07, 6.45) is 4.09. The molecule has 3 unspecified atom stereocenters. The highest BCUT2D eigenvalue weighted by Gasteiger charge is 2.36. The summed E-state index contributed by atoms with van der Waals surface area (Å²) in [6, 6.07) is 3.37. The SMILES string of the molecule is CCC(C)n1ccc(CC(NN)C2CN3CCN2CC3)n1. The van der Waals surface area contributed by atoms with Crippen LogP contribution < -0.4 is 11.3 Å². The highest BCUT2D eigenvalue weighted by Crippen LogP contribution is 2.20. The number of nitrogens with one attached hydrogen (secondary N) is 1. The van der Waals surface area contributed by atoms with Crippen molar-refractivity contribution >= 4 is 0 Å². The van der Waals surface area contributed by atoms with Crippen LogP contribution in [0.4, 0.5) is 0 Å². The summed E-state index contributed by atoms with van der Waals surface area (Å²) in [7, 11) is 0. The number of hydrogen-bond acceptors (Lipinski definition) is 5. The van der Waals surface area contributed by atoms with Gasteiger partial charge in [0.15, 0.2) is 0 Å². The van der Waals surface area contributed by atoms with Crippen molar-refractivity contribution in [3.8, 4) is 0 Å². The normalized spacial score (nSPS) is 31.3. The largest absolute Gasteiger partial charge is 0.299 e. The van der Waals surface area contributed by atoms with Crippen LogP contribution >= 0.6 is 0 Å². The van der Waals surface area contributed by atoms with Crippen LogP contribution in [0.1, 0.15) is 32.0 Å². The minimum absolute atomic E-state index is 0.272. The lowest BCUT2D eigenvalue weighted by molar-refractivity contribution is -0.00330. The van der Waals surface area contributed by atoms with Gasteiger partial charge in [0.1, 0.15) is 0 Å². The molecule has 3 aliphatic heterocycles. The van der Waals surface area contributed by atoms with Gasteiger partial charge in [-0.15, -0.1) is 0 Å². The van der Waals surface area contributed by atoms with Gasteiger partial charge in [-0.25, -0.2) is 0 Å². The fraction of sp³-hybridized carbons (Fsp3) is 0.800. The molecule has 0 radical (unpaired) electrons. The first-order valence-electron chi connectivity index (χ1n) is 8.17. The van der Waals surface area contributed by atoms with Crippen molar-refractivity contribution in [2.45, 2.75) is 44.8 Å². The molecular weight excluding hydrogens is 264 g/mol. The summed E-state index contributed by atoms with van der Waals surface area (Å²) < 4.78 is 2.07. The number of nitrogens with zero attached hydrogens (tertiary/aromatic N) is 4. The van der Waals surface area contributed by atoms with Crippen molar-refractivity contribution in [2.24, 2.45) is 5.84 Å². The van der Waals surface area contributed by atoms with E-state index in [9.17, 15) is 0 Å². The third-order valence-corrected chi connectivity index (χ3v) is 5.13. The molecule has 4 heterocycles. The minimum Gasteiger partial charge on any atom is -0.299 e. The maximum absolute atomic E-state index is 5.85. The zero-order valence-corrected chi connectivity index (χ0v) is 13.2. The van der Waals surface area contributed by atoms with E-state index in [-0.39, 0.29) is 6.04 Å². The molecule has 0 spiro atoms. The van der Waals surface area contributed by atoms with Crippen LogP contribution in [0.15, 0.2) is 12.3 Å². The molecule has 0 aromatic carbocycles. The van der Waals surface area contributed by atoms with Gasteiger partial charge < -0.3 is 0 Å². The van der Waals surface area contributed by atoms with E-state index in [1.54, 1.807) is 0 Å².